The second kappa shape index (κ2) is 8.97. The molecule has 2 rings (SSSR count). The highest BCUT2D eigenvalue weighted by molar-refractivity contribution is 7.92. The van der Waals surface area contributed by atoms with E-state index in [9.17, 15) is 18.0 Å². The normalized spacial score (nSPS) is 11.3. The Balaban J connectivity index is 2.54. The van der Waals surface area contributed by atoms with Gasteiger partial charge >= 0.3 is 5.97 Å². The van der Waals surface area contributed by atoms with E-state index in [0.717, 1.165) is 6.08 Å². The molecule has 0 spiro atoms. The Hall–Kier alpha value is -3.04. The first kappa shape index (κ1) is 22.3. The molecule has 2 N–H and O–H groups in total. The number of halogens is 1. The van der Waals surface area contributed by atoms with Crippen LogP contribution < -0.4 is 9.46 Å². The minimum absolute atomic E-state index is 0.00438. The molecule has 0 aliphatic carbocycles. The summed E-state index contributed by atoms with van der Waals surface area (Å²) in [5.41, 5.74) is 0.456. The number of hydrogen-bond acceptors (Lipinski definition) is 5. The molecule has 0 heterocycles. The lowest BCUT2D eigenvalue weighted by Crippen LogP contribution is -2.24. The van der Waals surface area contributed by atoms with Crippen LogP contribution in [0.25, 0.3) is 6.08 Å². The maximum atomic E-state index is 13.0. The Morgan fingerprint density at radius 1 is 1.17 bits per heavy atom. The molecule has 0 unspecified atom stereocenters. The number of ether oxygens (including phenoxy) is 1. The number of methoxy groups -OCH3 is 1. The number of carboxylic acids is 1. The van der Waals surface area contributed by atoms with Gasteiger partial charge in [-0.2, -0.15) is 0 Å². The zero-order valence-corrected chi connectivity index (χ0v) is 17.4. The number of carboxylic acid groups (broad SMARTS) is 1. The van der Waals surface area contributed by atoms with E-state index >= 15 is 0 Å². The molecule has 2 aromatic rings. The van der Waals surface area contributed by atoms with Gasteiger partial charge in [-0.05, 0) is 42.0 Å². The van der Waals surface area contributed by atoms with Crippen LogP contribution in [0.1, 0.15) is 15.9 Å². The maximum Gasteiger partial charge on any atom is 0.328 e. The monoisotopic (exact) mass is 438 g/mol. The molecule has 0 saturated heterocycles. The van der Waals surface area contributed by atoms with Crippen LogP contribution in [0.5, 0.6) is 5.75 Å². The molecular weight excluding hydrogens is 420 g/mol. The van der Waals surface area contributed by atoms with E-state index in [4.69, 9.17) is 21.4 Å². The minimum atomic E-state index is -4.20. The summed E-state index contributed by atoms with van der Waals surface area (Å²) in [7, 11) is 0.182. The number of hydrogen-bond donors (Lipinski definition) is 2. The Morgan fingerprint density at radius 2 is 1.86 bits per heavy atom. The van der Waals surface area contributed by atoms with Crippen LogP contribution in [-0.2, 0) is 14.8 Å². The summed E-state index contributed by atoms with van der Waals surface area (Å²) < 4.78 is 33.6. The van der Waals surface area contributed by atoms with Gasteiger partial charge in [0.2, 0.25) is 0 Å². The first-order valence-corrected chi connectivity index (χ1v) is 10.0. The molecule has 0 aliphatic heterocycles. The van der Waals surface area contributed by atoms with Crippen LogP contribution in [0.4, 0.5) is 5.69 Å². The van der Waals surface area contributed by atoms with Crippen LogP contribution >= 0.6 is 11.6 Å². The van der Waals surface area contributed by atoms with Crippen molar-refractivity contribution in [1.29, 1.82) is 0 Å². The highest BCUT2D eigenvalue weighted by Crippen LogP contribution is 2.30. The van der Waals surface area contributed by atoms with Crippen LogP contribution in [0.2, 0.25) is 5.02 Å². The van der Waals surface area contributed by atoms with Gasteiger partial charge in [0, 0.05) is 25.2 Å². The van der Waals surface area contributed by atoms with E-state index in [1.807, 2.05) is 0 Å². The summed E-state index contributed by atoms with van der Waals surface area (Å²) in [6.45, 7) is 0. The van der Waals surface area contributed by atoms with Gasteiger partial charge in [-0.3, -0.25) is 9.52 Å². The fourth-order valence-electron chi connectivity index (χ4n) is 2.40. The number of carbonyl (C=O) groups excluding carboxylic acids is 1. The molecular formula is C19H19ClN2O6S. The number of nitrogens with one attached hydrogen (secondary N) is 1. The van der Waals surface area contributed by atoms with E-state index in [1.165, 1.54) is 68.6 Å². The Kier molecular flexibility index (Phi) is 6.89. The van der Waals surface area contributed by atoms with Gasteiger partial charge in [-0.15, -0.1) is 0 Å². The summed E-state index contributed by atoms with van der Waals surface area (Å²) >= 11 is 5.98. The first-order chi connectivity index (χ1) is 13.5. The van der Waals surface area contributed by atoms with Crippen molar-refractivity contribution in [2.24, 2.45) is 0 Å². The molecule has 29 heavy (non-hydrogen) atoms. The molecule has 2 aromatic carbocycles. The number of aliphatic carboxylic acids is 1. The van der Waals surface area contributed by atoms with Gasteiger partial charge in [0.1, 0.15) is 10.6 Å². The average molecular weight is 439 g/mol. The molecule has 154 valence electrons. The van der Waals surface area contributed by atoms with E-state index < -0.39 is 21.9 Å². The second-order valence-corrected chi connectivity index (χ2v) is 8.16. The Labute approximate surface area is 173 Å². The Bertz CT molecular complexity index is 1080. The van der Waals surface area contributed by atoms with Gasteiger partial charge in [0.25, 0.3) is 15.9 Å². The largest absolute Gasteiger partial charge is 0.495 e. The molecule has 0 atom stereocenters. The van der Waals surface area contributed by atoms with Gasteiger partial charge in [-0.25, -0.2) is 13.2 Å². The highest BCUT2D eigenvalue weighted by atomic mass is 35.5. The predicted octanol–water partition coefficient (Wildman–Crippen LogP) is 2.95. The topological polar surface area (TPSA) is 113 Å². The number of rotatable bonds is 7. The van der Waals surface area contributed by atoms with Gasteiger partial charge in [0.05, 0.1) is 18.4 Å². The number of amides is 1. The molecule has 0 aliphatic rings. The number of anilines is 1. The van der Waals surface area contributed by atoms with Crippen molar-refractivity contribution in [3.63, 3.8) is 0 Å². The number of carbonyl (C=O) groups is 2. The van der Waals surface area contributed by atoms with Crippen molar-refractivity contribution in [2.45, 2.75) is 4.90 Å². The maximum absolute atomic E-state index is 13.0. The van der Waals surface area contributed by atoms with Crippen molar-refractivity contribution in [1.82, 2.24) is 4.90 Å². The molecule has 0 bridgehead atoms. The lowest BCUT2D eigenvalue weighted by atomic mass is 10.1. The fourth-order valence-corrected chi connectivity index (χ4v) is 3.85. The summed E-state index contributed by atoms with van der Waals surface area (Å²) in [6.07, 6.45) is 2.14. The summed E-state index contributed by atoms with van der Waals surface area (Å²) in [5, 5.41) is 9.00. The van der Waals surface area contributed by atoms with Crippen molar-refractivity contribution < 1.29 is 27.9 Å². The first-order valence-electron chi connectivity index (χ1n) is 8.18. The van der Waals surface area contributed by atoms with Crippen LogP contribution in [0, 0.1) is 0 Å². The fraction of sp³-hybridized carbons (Fsp3) is 0.158. The zero-order chi connectivity index (χ0) is 21.8. The number of sulfonamides is 1. The van der Waals surface area contributed by atoms with Gasteiger partial charge in [0.15, 0.2) is 0 Å². The van der Waals surface area contributed by atoms with Crippen LogP contribution in [0.15, 0.2) is 47.4 Å². The Morgan fingerprint density at radius 3 is 2.45 bits per heavy atom. The van der Waals surface area contributed by atoms with Crippen LogP contribution in [0.3, 0.4) is 0 Å². The lowest BCUT2D eigenvalue weighted by molar-refractivity contribution is -0.131. The number of nitrogens with zero attached hydrogens (tertiary/aromatic N) is 1. The third-order valence-corrected chi connectivity index (χ3v) is 5.38. The van der Waals surface area contributed by atoms with E-state index in [1.54, 1.807) is 0 Å². The van der Waals surface area contributed by atoms with E-state index in [0.29, 0.717) is 5.56 Å². The highest BCUT2D eigenvalue weighted by Gasteiger charge is 2.23. The van der Waals surface area contributed by atoms with Crippen molar-refractivity contribution in [3.05, 3.63) is 58.6 Å². The second-order valence-electron chi connectivity index (χ2n) is 6.08. The average Bonchev–Trinajstić information content (AvgIpc) is 2.65. The minimum Gasteiger partial charge on any atom is -0.495 e. The van der Waals surface area contributed by atoms with E-state index in [-0.39, 0.29) is 26.9 Å². The molecule has 0 saturated carbocycles. The van der Waals surface area contributed by atoms with Gasteiger partial charge in [-0.1, -0.05) is 17.7 Å². The third-order valence-electron chi connectivity index (χ3n) is 3.76. The number of benzene rings is 2. The molecule has 8 nitrogen and oxygen atoms in total. The lowest BCUT2D eigenvalue weighted by Gasteiger charge is -2.17. The molecule has 0 radical (unpaired) electrons. The van der Waals surface area contributed by atoms with E-state index in [2.05, 4.69) is 4.72 Å². The summed E-state index contributed by atoms with van der Waals surface area (Å²) in [5.74, 6) is -1.54. The quantitative estimate of drug-likeness (QED) is 0.642. The smallest absolute Gasteiger partial charge is 0.328 e. The zero-order valence-electron chi connectivity index (χ0n) is 15.8. The molecule has 0 fully saturated rings. The standard InChI is InChI=1S/C19H19ClN2O6S/c1-22(2)19(25)14-7-6-13(20)11-15(14)21-29(26,27)17-10-12(5-9-18(23)24)4-8-16(17)28-3/h4-11,21H,1-3H3,(H,23,24)/b9-5-. The molecule has 1 amide bonds. The van der Waals surface area contributed by atoms with Crippen molar-refractivity contribution >= 4 is 45.3 Å². The predicted molar refractivity (Wildman–Crippen MR) is 110 cm³/mol. The summed E-state index contributed by atoms with van der Waals surface area (Å²) in [4.78, 5) is 24.2. The van der Waals surface area contributed by atoms with Gasteiger partial charge < -0.3 is 14.7 Å². The third kappa shape index (κ3) is 5.49. The van der Waals surface area contributed by atoms with Crippen molar-refractivity contribution in [3.8, 4) is 5.75 Å². The SMILES string of the molecule is COc1ccc(/C=C\C(=O)O)cc1S(=O)(=O)Nc1cc(Cl)ccc1C(=O)N(C)C. The van der Waals surface area contributed by atoms with Crippen LogP contribution in [-0.4, -0.2) is 51.5 Å². The summed E-state index contributed by atoms with van der Waals surface area (Å²) in [6, 6.07) is 8.41. The molecule has 10 heteroatoms. The van der Waals surface area contributed by atoms with Crippen molar-refractivity contribution in [2.75, 3.05) is 25.9 Å². The molecule has 0 aromatic heterocycles.